The van der Waals surface area contributed by atoms with Gasteiger partial charge >= 0.3 is 0 Å². The highest BCUT2D eigenvalue weighted by Gasteiger charge is 2.15. The molecule has 2 aliphatic rings. The van der Waals surface area contributed by atoms with Crippen molar-refractivity contribution in [1.29, 1.82) is 0 Å². The minimum Gasteiger partial charge on any atom is -0.453 e. The van der Waals surface area contributed by atoms with Gasteiger partial charge in [0.15, 0.2) is 11.3 Å². The molecule has 1 heterocycles. The Morgan fingerprint density at radius 2 is 1.57 bits per heavy atom. The van der Waals surface area contributed by atoms with E-state index in [0.717, 1.165) is 50.1 Å². The summed E-state index contributed by atoms with van der Waals surface area (Å²) in [4.78, 5) is 11.8. The highest BCUT2D eigenvalue weighted by Crippen LogP contribution is 2.31. The molecule has 1 aliphatic carbocycles. The first-order valence-electron chi connectivity index (χ1n) is 9.22. The molecule has 4 heteroatoms. The number of rotatable bonds is 2. The summed E-state index contributed by atoms with van der Waals surface area (Å²) in [6.07, 6.45) is 0. The van der Waals surface area contributed by atoms with Crippen molar-refractivity contribution in [1.82, 2.24) is 4.98 Å². The van der Waals surface area contributed by atoms with E-state index in [1.807, 2.05) is 74.8 Å². The van der Waals surface area contributed by atoms with E-state index in [9.17, 15) is 0 Å². The molecule has 5 rings (SSSR count). The lowest BCUT2D eigenvalue weighted by molar-refractivity contribution is 0.613. The zero-order valence-electron chi connectivity index (χ0n) is 15.8. The van der Waals surface area contributed by atoms with E-state index >= 15 is 0 Å². The third-order valence-corrected chi connectivity index (χ3v) is 4.88. The van der Waals surface area contributed by atoms with Crippen molar-refractivity contribution < 1.29 is 4.42 Å². The predicted molar refractivity (Wildman–Crippen MR) is 114 cm³/mol. The van der Waals surface area contributed by atoms with Crippen LogP contribution in [0, 0.1) is 0 Å². The van der Waals surface area contributed by atoms with Crippen LogP contribution in [0.15, 0.2) is 88.3 Å². The molecular formula is C24H19N3O. The summed E-state index contributed by atoms with van der Waals surface area (Å²) in [6.45, 7) is 0. The summed E-state index contributed by atoms with van der Waals surface area (Å²) in [5.74, 6) is 0.733. The van der Waals surface area contributed by atoms with Gasteiger partial charge in [0, 0.05) is 42.7 Å². The second-order valence-corrected chi connectivity index (χ2v) is 7.00. The van der Waals surface area contributed by atoms with Crippen LogP contribution < -0.4 is 10.3 Å². The minimum atomic E-state index is 0.733. The maximum atomic E-state index is 6.27. The van der Waals surface area contributed by atoms with E-state index in [4.69, 9.17) is 14.4 Å². The van der Waals surface area contributed by atoms with Crippen LogP contribution >= 0.6 is 0 Å². The van der Waals surface area contributed by atoms with Crippen LogP contribution in [-0.2, 0) is 0 Å². The number of hydrogen-bond donors (Lipinski definition) is 0. The molecule has 0 atom stereocenters. The highest BCUT2D eigenvalue weighted by molar-refractivity contribution is 5.96. The molecule has 0 saturated heterocycles. The molecule has 0 spiro atoms. The van der Waals surface area contributed by atoms with Crippen LogP contribution in [0.4, 0.5) is 11.4 Å². The van der Waals surface area contributed by atoms with Crippen molar-refractivity contribution in [3.05, 3.63) is 84.2 Å². The largest absolute Gasteiger partial charge is 0.453 e. The molecule has 0 unspecified atom stereocenters. The summed E-state index contributed by atoms with van der Waals surface area (Å²) in [5.41, 5.74) is 4.45. The van der Waals surface area contributed by atoms with Crippen LogP contribution in [0.5, 0.6) is 0 Å². The Balaban J connectivity index is 1.86. The Kier molecular flexibility index (Phi) is 3.83. The van der Waals surface area contributed by atoms with Crippen molar-refractivity contribution in [2.24, 2.45) is 4.99 Å². The van der Waals surface area contributed by atoms with Crippen molar-refractivity contribution in [2.75, 3.05) is 19.0 Å². The maximum Gasteiger partial charge on any atom is 0.155 e. The molecule has 1 aliphatic heterocycles. The topological polar surface area (TPSA) is 41.6 Å². The molecule has 0 aromatic heterocycles. The zero-order chi connectivity index (χ0) is 19.1. The van der Waals surface area contributed by atoms with Crippen LogP contribution in [0.2, 0.25) is 0 Å². The van der Waals surface area contributed by atoms with E-state index in [2.05, 4.69) is 23.1 Å². The van der Waals surface area contributed by atoms with Crippen LogP contribution in [0.25, 0.3) is 33.3 Å². The van der Waals surface area contributed by atoms with Gasteiger partial charge < -0.3 is 9.32 Å². The molecule has 3 aromatic rings. The fourth-order valence-electron chi connectivity index (χ4n) is 3.44. The van der Waals surface area contributed by atoms with Crippen molar-refractivity contribution >= 4 is 33.2 Å². The lowest BCUT2D eigenvalue weighted by Crippen LogP contribution is -2.08. The second-order valence-electron chi connectivity index (χ2n) is 7.00. The molecule has 3 aromatic carbocycles. The molecule has 0 fully saturated rings. The first-order chi connectivity index (χ1) is 13.7. The van der Waals surface area contributed by atoms with Crippen LogP contribution in [0.3, 0.4) is 0 Å². The molecule has 0 amide bonds. The van der Waals surface area contributed by atoms with Crippen molar-refractivity contribution in [3.63, 3.8) is 0 Å². The van der Waals surface area contributed by atoms with E-state index in [0.29, 0.717) is 0 Å². The van der Waals surface area contributed by atoms with Gasteiger partial charge in [0.05, 0.1) is 11.0 Å². The van der Waals surface area contributed by atoms with Gasteiger partial charge in [0.25, 0.3) is 0 Å². The summed E-state index contributed by atoms with van der Waals surface area (Å²) in [6, 6.07) is 26.2. The number of fused-ring (bicyclic) bond motifs is 4. The molecule has 136 valence electrons. The van der Waals surface area contributed by atoms with Crippen molar-refractivity contribution in [3.8, 4) is 11.5 Å². The average Bonchev–Trinajstić information content (AvgIpc) is 2.73. The molecule has 0 radical (unpaired) electrons. The number of aromatic nitrogens is 1. The Labute approximate surface area is 162 Å². The van der Waals surface area contributed by atoms with Gasteiger partial charge in [0.2, 0.25) is 0 Å². The normalized spacial score (nSPS) is 12.1. The van der Waals surface area contributed by atoms with E-state index in [-0.39, 0.29) is 0 Å². The fourth-order valence-corrected chi connectivity index (χ4v) is 3.44. The second kappa shape index (κ2) is 6.50. The lowest BCUT2D eigenvalue weighted by atomic mass is 10.0. The summed E-state index contributed by atoms with van der Waals surface area (Å²) in [5, 5.41) is 2.98. The van der Waals surface area contributed by atoms with Gasteiger partial charge in [-0.2, -0.15) is 0 Å². The molecule has 4 nitrogen and oxygen atoms in total. The number of anilines is 1. The maximum absolute atomic E-state index is 6.27. The van der Waals surface area contributed by atoms with E-state index in [1.54, 1.807) is 0 Å². The number of hydrogen-bond acceptors (Lipinski definition) is 4. The van der Waals surface area contributed by atoms with Gasteiger partial charge in [-0.05, 0) is 24.3 Å². The van der Waals surface area contributed by atoms with Gasteiger partial charge in [-0.15, -0.1) is 0 Å². The summed E-state index contributed by atoms with van der Waals surface area (Å²) in [7, 11) is 4.03. The van der Waals surface area contributed by atoms with Gasteiger partial charge in [-0.3, -0.25) is 0 Å². The first-order valence-corrected chi connectivity index (χ1v) is 9.22. The fraction of sp³-hybridized carbons (Fsp3) is 0.0833. The highest BCUT2D eigenvalue weighted by atomic mass is 16.3. The molecule has 0 N–H and O–H groups in total. The third kappa shape index (κ3) is 2.79. The number of nitrogens with zero attached hydrogens (tertiary/aromatic N) is 3. The molecule has 0 saturated carbocycles. The van der Waals surface area contributed by atoms with E-state index < -0.39 is 0 Å². The van der Waals surface area contributed by atoms with Crippen LogP contribution in [-0.4, -0.2) is 19.1 Å². The Morgan fingerprint density at radius 1 is 0.821 bits per heavy atom. The van der Waals surface area contributed by atoms with Gasteiger partial charge in [-0.25, -0.2) is 9.98 Å². The Bertz CT molecular complexity index is 1340. The summed E-state index contributed by atoms with van der Waals surface area (Å²) >= 11 is 0. The van der Waals surface area contributed by atoms with Gasteiger partial charge in [0.1, 0.15) is 11.2 Å². The molecule has 0 bridgehead atoms. The Morgan fingerprint density at radius 3 is 2.36 bits per heavy atom. The molecule has 28 heavy (non-hydrogen) atoms. The monoisotopic (exact) mass is 365 g/mol. The standard InChI is InChI=1S/C24H19N3O/c1-27(2)17-12-13-20-22(14-17)28-23-15-21(25-16-8-4-3-5-9-16)18-10-6-7-11-19(18)24(23)26-20/h3-15H,1-2H3. The number of benzene rings is 4. The Hall–Kier alpha value is -3.66. The average molecular weight is 365 g/mol. The third-order valence-electron chi connectivity index (χ3n) is 4.88. The van der Waals surface area contributed by atoms with Gasteiger partial charge in [-0.1, -0.05) is 42.5 Å². The predicted octanol–water partition coefficient (Wildman–Crippen LogP) is 5.38. The lowest BCUT2D eigenvalue weighted by Gasteiger charge is -2.14. The smallest absolute Gasteiger partial charge is 0.155 e. The first kappa shape index (κ1) is 16.5. The zero-order valence-corrected chi connectivity index (χ0v) is 15.8. The summed E-state index contributed by atoms with van der Waals surface area (Å²) < 4.78 is 6.27. The SMILES string of the molecule is CN(C)c1ccc2nc3c4ccccc4c(=Nc4ccccc4)cc-3oc2c1. The quantitative estimate of drug-likeness (QED) is 0.311. The number of para-hydroxylation sites is 1. The van der Waals surface area contributed by atoms with Crippen LogP contribution in [0.1, 0.15) is 0 Å². The van der Waals surface area contributed by atoms with Crippen molar-refractivity contribution in [2.45, 2.75) is 0 Å². The molecular weight excluding hydrogens is 346 g/mol. The van der Waals surface area contributed by atoms with E-state index in [1.165, 1.54) is 0 Å². The minimum absolute atomic E-state index is 0.733.